The second-order valence-corrected chi connectivity index (χ2v) is 5.39. The van der Waals surface area contributed by atoms with Crippen LogP contribution in [0.15, 0.2) is 59.9 Å². The average molecular weight is 323 g/mol. The van der Waals surface area contributed by atoms with Crippen LogP contribution < -0.4 is 14.0 Å². The van der Waals surface area contributed by atoms with Gasteiger partial charge in [0.2, 0.25) is 5.69 Å². The van der Waals surface area contributed by atoms with E-state index < -0.39 is 0 Å². The molecule has 1 aromatic heterocycles. The molecule has 0 radical (unpaired) electrons. The first-order chi connectivity index (χ1) is 11.7. The summed E-state index contributed by atoms with van der Waals surface area (Å²) in [5, 5.41) is 14.1. The van der Waals surface area contributed by atoms with Crippen molar-refractivity contribution >= 4 is 17.0 Å². The highest BCUT2D eigenvalue weighted by molar-refractivity contribution is 5.86. The van der Waals surface area contributed by atoms with Gasteiger partial charge in [-0.1, -0.05) is 17.3 Å². The maximum atomic E-state index is 8.79. The van der Waals surface area contributed by atoms with E-state index in [1.54, 1.807) is 14.2 Å². The number of pyridine rings is 1. The van der Waals surface area contributed by atoms with Crippen molar-refractivity contribution in [2.45, 2.75) is 6.54 Å². The summed E-state index contributed by atoms with van der Waals surface area (Å²) in [4.78, 5) is 0. The molecule has 24 heavy (non-hydrogen) atoms. The molecule has 0 aliphatic rings. The molecule has 0 spiro atoms. The van der Waals surface area contributed by atoms with E-state index in [9.17, 15) is 0 Å². The van der Waals surface area contributed by atoms with Crippen molar-refractivity contribution in [2.75, 3.05) is 14.2 Å². The summed E-state index contributed by atoms with van der Waals surface area (Å²) in [5.41, 5.74) is 1.96. The predicted octanol–water partition coefficient (Wildman–Crippen LogP) is 3.00. The number of rotatable bonds is 5. The fourth-order valence-corrected chi connectivity index (χ4v) is 2.73. The molecule has 0 fully saturated rings. The molecule has 0 saturated heterocycles. The lowest BCUT2D eigenvalue weighted by Gasteiger charge is -2.10. The molecule has 1 heterocycles. The van der Waals surface area contributed by atoms with Crippen molar-refractivity contribution in [3.63, 3.8) is 0 Å². The second kappa shape index (κ2) is 7.00. The molecular formula is C19H19N2O3+. The zero-order valence-corrected chi connectivity index (χ0v) is 13.6. The maximum Gasteiger partial charge on any atom is 0.227 e. The molecule has 5 nitrogen and oxygen atoms in total. The van der Waals surface area contributed by atoms with E-state index in [-0.39, 0.29) is 0 Å². The van der Waals surface area contributed by atoms with E-state index in [0.717, 1.165) is 27.8 Å². The summed E-state index contributed by atoms with van der Waals surface area (Å²) < 4.78 is 12.7. The lowest BCUT2D eigenvalue weighted by atomic mass is 10.1. The Labute approximate surface area is 140 Å². The van der Waals surface area contributed by atoms with E-state index in [2.05, 4.69) is 23.4 Å². The fraction of sp³-hybridized carbons (Fsp3) is 0.158. The first-order valence-corrected chi connectivity index (χ1v) is 7.55. The lowest BCUT2D eigenvalue weighted by molar-refractivity contribution is -0.689. The minimum Gasteiger partial charge on any atom is -0.493 e. The highest BCUT2D eigenvalue weighted by atomic mass is 16.5. The molecular weight excluding hydrogens is 304 g/mol. The van der Waals surface area contributed by atoms with Crippen LogP contribution in [0.2, 0.25) is 0 Å². The first kappa shape index (κ1) is 15.8. The summed E-state index contributed by atoms with van der Waals surface area (Å²) in [7, 11) is 3.27. The number of nitrogens with zero attached hydrogens (tertiary/aromatic N) is 2. The monoisotopic (exact) mass is 323 g/mol. The van der Waals surface area contributed by atoms with E-state index in [4.69, 9.17) is 14.7 Å². The molecule has 0 bridgehead atoms. The molecule has 3 rings (SSSR count). The van der Waals surface area contributed by atoms with Gasteiger partial charge in [0.15, 0.2) is 24.2 Å². The first-order valence-electron chi connectivity index (χ1n) is 7.55. The molecule has 3 aromatic rings. The Hall–Kier alpha value is -3.08. The van der Waals surface area contributed by atoms with Crippen LogP contribution in [0, 0.1) is 0 Å². The minimum atomic E-state index is 0.673. The molecule has 0 aliphatic carbocycles. The number of hydrogen-bond acceptors (Lipinski definition) is 4. The fourth-order valence-electron chi connectivity index (χ4n) is 2.73. The number of aromatic nitrogens is 1. The van der Waals surface area contributed by atoms with Crippen molar-refractivity contribution in [3.8, 4) is 11.5 Å². The molecule has 122 valence electrons. The Morgan fingerprint density at radius 3 is 2.46 bits per heavy atom. The molecule has 0 aliphatic heterocycles. The summed E-state index contributed by atoms with van der Waals surface area (Å²) in [5.74, 6) is 1.43. The third-order valence-corrected chi connectivity index (χ3v) is 3.93. The zero-order valence-electron chi connectivity index (χ0n) is 13.6. The number of oxime groups is 1. The van der Waals surface area contributed by atoms with E-state index >= 15 is 0 Å². The van der Waals surface area contributed by atoms with Crippen LogP contribution in [0.5, 0.6) is 11.5 Å². The molecule has 0 unspecified atom stereocenters. The standard InChI is InChI=1S/C19H18N2O3/c1-23-18-10-15-7-6-14(9-16(15)11-19(18)24-2)13-21-8-4-3-5-17(21)12-20-22/h3-12H,13H2,1-2H3/p+1. The van der Waals surface area contributed by atoms with Crippen LogP contribution in [0.25, 0.3) is 10.8 Å². The number of methoxy groups -OCH3 is 2. The van der Waals surface area contributed by atoms with Crippen molar-refractivity contribution in [2.24, 2.45) is 5.16 Å². The van der Waals surface area contributed by atoms with Gasteiger partial charge in [-0.2, -0.15) is 4.57 Å². The van der Waals surface area contributed by atoms with Gasteiger partial charge < -0.3 is 14.7 Å². The van der Waals surface area contributed by atoms with Gasteiger partial charge in [-0.05, 0) is 35.0 Å². The van der Waals surface area contributed by atoms with Crippen molar-refractivity contribution in [1.29, 1.82) is 0 Å². The zero-order chi connectivity index (χ0) is 16.9. The Bertz CT molecular complexity index is 891. The third kappa shape index (κ3) is 3.15. The molecule has 0 saturated carbocycles. The van der Waals surface area contributed by atoms with Crippen LogP contribution >= 0.6 is 0 Å². The van der Waals surface area contributed by atoms with Gasteiger partial charge in [0.1, 0.15) is 6.21 Å². The van der Waals surface area contributed by atoms with E-state index in [0.29, 0.717) is 12.3 Å². The van der Waals surface area contributed by atoms with Gasteiger partial charge in [-0.3, -0.25) is 0 Å². The normalized spacial score (nSPS) is 11.1. The molecule has 5 heteroatoms. The molecule has 0 amide bonds. The van der Waals surface area contributed by atoms with Crippen LogP contribution in [-0.4, -0.2) is 25.6 Å². The SMILES string of the molecule is COc1cc2ccc(C[n+]3ccccc3/C=N\O)cc2cc1OC. The van der Waals surface area contributed by atoms with Gasteiger partial charge in [-0.15, -0.1) is 0 Å². The van der Waals surface area contributed by atoms with Crippen molar-refractivity contribution < 1.29 is 19.2 Å². The van der Waals surface area contributed by atoms with E-state index in [1.807, 2.05) is 41.1 Å². The van der Waals surface area contributed by atoms with Crippen LogP contribution in [-0.2, 0) is 6.54 Å². The van der Waals surface area contributed by atoms with Crippen LogP contribution in [0.3, 0.4) is 0 Å². The highest BCUT2D eigenvalue weighted by Gasteiger charge is 2.11. The molecule has 2 aromatic carbocycles. The van der Waals surface area contributed by atoms with Gasteiger partial charge in [-0.25, -0.2) is 0 Å². The smallest absolute Gasteiger partial charge is 0.227 e. The Morgan fingerprint density at radius 2 is 1.75 bits per heavy atom. The predicted molar refractivity (Wildman–Crippen MR) is 92.2 cm³/mol. The van der Waals surface area contributed by atoms with Crippen molar-refractivity contribution in [3.05, 3.63) is 66.0 Å². The largest absolute Gasteiger partial charge is 0.493 e. The summed E-state index contributed by atoms with van der Waals surface area (Å²) in [6.07, 6.45) is 3.38. The van der Waals surface area contributed by atoms with Gasteiger partial charge in [0.05, 0.1) is 14.2 Å². The Morgan fingerprint density at radius 1 is 1.00 bits per heavy atom. The average Bonchev–Trinajstić information content (AvgIpc) is 2.62. The van der Waals surface area contributed by atoms with Crippen LogP contribution in [0.4, 0.5) is 0 Å². The highest BCUT2D eigenvalue weighted by Crippen LogP contribution is 2.32. The van der Waals surface area contributed by atoms with Gasteiger partial charge in [0.25, 0.3) is 0 Å². The molecule has 1 N–H and O–H groups in total. The topological polar surface area (TPSA) is 54.9 Å². The summed E-state index contributed by atoms with van der Waals surface area (Å²) in [6.45, 7) is 0.673. The van der Waals surface area contributed by atoms with Crippen molar-refractivity contribution in [1.82, 2.24) is 0 Å². The van der Waals surface area contributed by atoms with Gasteiger partial charge >= 0.3 is 0 Å². The maximum absolute atomic E-state index is 8.79. The lowest BCUT2D eigenvalue weighted by Crippen LogP contribution is -2.38. The number of hydrogen-bond donors (Lipinski definition) is 1. The van der Waals surface area contributed by atoms with Gasteiger partial charge in [0, 0.05) is 17.7 Å². The number of ether oxygens (including phenoxy) is 2. The third-order valence-electron chi connectivity index (χ3n) is 3.93. The number of benzene rings is 2. The Balaban J connectivity index is 1.99. The Kier molecular flexibility index (Phi) is 4.61. The summed E-state index contributed by atoms with van der Waals surface area (Å²) in [6, 6.07) is 16.0. The van der Waals surface area contributed by atoms with E-state index in [1.165, 1.54) is 6.21 Å². The number of fused-ring (bicyclic) bond motifs is 1. The summed E-state index contributed by atoms with van der Waals surface area (Å²) >= 11 is 0. The second-order valence-electron chi connectivity index (χ2n) is 5.39. The minimum absolute atomic E-state index is 0.673. The molecule has 0 atom stereocenters. The van der Waals surface area contributed by atoms with Crippen LogP contribution in [0.1, 0.15) is 11.3 Å². The quantitative estimate of drug-likeness (QED) is 0.340.